The highest BCUT2D eigenvalue weighted by Gasteiger charge is 2.32. The average molecular weight is 212 g/mol. The van der Waals surface area contributed by atoms with Gasteiger partial charge in [0, 0.05) is 0 Å². The Hall–Kier alpha value is -0.0800. The minimum absolute atomic E-state index is 0.195. The average Bonchev–Trinajstić information content (AvgIpc) is 2.99. The maximum atomic E-state index is 9.70. The number of hydrogen-bond acceptors (Lipinski definition) is 2. The number of ether oxygens (including phenoxy) is 1. The van der Waals surface area contributed by atoms with Crippen LogP contribution < -0.4 is 0 Å². The lowest BCUT2D eigenvalue weighted by Crippen LogP contribution is -2.29. The molecule has 1 atom stereocenters. The van der Waals surface area contributed by atoms with Gasteiger partial charge >= 0.3 is 0 Å². The first-order valence-electron chi connectivity index (χ1n) is 6.36. The fourth-order valence-electron chi connectivity index (χ4n) is 2.39. The van der Waals surface area contributed by atoms with E-state index in [0.29, 0.717) is 24.0 Å². The van der Waals surface area contributed by atoms with E-state index in [9.17, 15) is 5.11 Å². The molecule has 0 radical (unpaired) electrons. The van der Waals surface area contributed by atoms with Gasteiger partial charge in [-0.1, -0.05) is 13.8 Å². The normalized spacial score (nSPS) is 29.0. The second-order valence-corrected chi connectivity index (χ2v) is 6.10. The van der Waals surface area contributed by atoms with Crippen LogP contribution in [0.15, 0.2) is 0 Å². The standard InChI is InChI=1S/C13H24O2/c1-13(2)7-5-11(6-8-13)15-9-12(14)10-3-4-10/h10-12,14H,3-9H2,1-2H3. The quantitative estimate of drug-likeness (QED) is 0.776. The number of rotatable bonds is 4. The van der Waals surface area contributed by atoms with Gasteiger partial charge in [-0.15, -0.1) is 0 Å². The summed E-state index contributed by atoms with van der Waals surface area (Å²) < 4.78 is 5.79. The van der Waals surface area contributed by atoms with Gasteiger partial charge in [0.05, 0.1) is 18.8 Å². The van der Waals surface area contributed by atoms with Gasteiger partial charge in [-0.2, -0.15) is 0 Å². The van der Waals surface area contributed by atoms with Gasteiger partial charge in [-0.05, 0) is 49.9 Å². The molecule has 88 valence electrons. The third kappa shape index (κ3) is 3.46. The molecule has 2 heteroatoms. The van der Waals surface area contributed by atoms with Gasteiger partial charge in [0.15, 0.2) is 0 Å². The van der Waals surface area contributed by atoms with Crippen LogP contribution >= 0.6 is 0 Å². The molecule has 0 saturated heterocycles. The van der Waals surface area contributed by atoms with Crippen molar-refractivity contribution in [3.05, 3.63) is 0 Å². The second kappa shape index (κ2) is 4.42. The SMILES string of the molecule is CC1(C)CCC(OCC(O)C2CC2)CC1. The lowest BCUT2D eigenvalue weighted by Gasteiger charge is -2.34. The molecule has 0 aromatic rings. The number of aliphatic hydroxyl groups excluding tert-OH is 1. The van der Waals surface area contributed by atoms with Crippen molar-refractivity contribution in [1.29, 1.82) is 0 Å². The van der Waals surface area contributed by atoms with Crippen LogP contribution in [0.1, 0.15) is 52.4 Å². The minimum Gasteiger partial charge on any atom is -0.390 e. The van der Waals surface area contributed by atoms with Gasteiger partial charge in [-0.25, -0.2) is 0 Å². The Morgan fingerprint density at radius 3 is 2.33 bits per heavy atom. The summed E-state index contributed by atoms with van der Waals surface area (Å²) in [6.45, 7) is 5.24. The zero-order valence-electron chi connectivity index (χ0n) is 10.0. The minimum atomic E-state index is -0.195. The molecule has 0 spiro atoms. The molecule has 2 fully saturated rings. The molecule has 2 rings (SSSR count). The first-order chi connectivity index (χ1) is 7.07. The van der Waals surface area contributed by atoms with Crippen LogP contribution in [0.5, 0.6) is 0 Å². The van der Waals surface area contributed by atoms with Gasteiger partial charge < -0.3 is 9.84 Å². The molecule has 0 amide bonds. The summed E-state index contributed by atoms with van der Waals surface area (Å²) in [6.07, 6.45) is 7.47. The Labute approximate surface area is 93.0 Å². The molecule has 0 aromatic carbocycles. The van der Waals surface area contributed by atoms with Gasteiger partial charge in [0.2, 0.25) is 0 Å². The van der Waals surface area contributed by atoms with Crippen LogP contribution in [-0.2, 0) is 4.74 Å². The predicted octanol–water partition coefficient (Wildman–Crippen LogP) is 2.74. The Morgan fingerprint density at radius 1 is 1.20 bits per heavy atom. The summed E-state index contributed by atoms with van der Waals surface area (Å²) in [5.41, 5.74) is 0.509. The van der Waals surface area contributed by atoms with E-state index in [-0.39, 0.29) is 6.10 Å². The molecule has 0 bridgehead atoms. The second-order valence-electron chi connectivity index (χ2n) is 6.10. The number of hydrogen-bond donors (Lipinski definition) is 1. The Bertz CT molecular complexity index is 199. The van der Waals surface area contributed by atoms with E-state index in [1.165, 1.54) is 38.5 Å². The molecule has 0 aliphatic heterocycles. The molecule has 0 aromatic heterocycles. The van der Waals surface area contributed by atoms with E-state index in [1.807, 2.05) is 0 Å². The largest absolute Gasteiger partial charge is 0.390 e. The topological polar surface area (TPSA) is 29.5 Å². The van der Waals surface area contributed by atoms with E-state index < -0.39 is 0 Å². The van der Waals surface area contributed by atoms with Crippen molar-refractivity contribution in [3.8, 4) is 0 Å². The van der Waals surface area contributed by atoms with Crippen molar-refractivity contribution in [3.63, 3.8) is 0 Å². The zero-order valence-corrected chi connectivity index (χ0v) is 10.0. The fraction of sp³-hybridized carbons (Fsp3) is 1.00. The smallest absolute Gasteiger partial charge is 0.0801 e. The van der Waals surface area contributed by atoms with Gasteiger partial charge in [0.25, 0.3) is 0 Å². The fourth-order valence-corrected chi connectivity index (χ4v) is 2.39. The first kappa shape index (κ1) is 11.4. The summed E-state index contributed by atoms with van der Waals surface area (Å²) in [5.74, 6) is 0.546. The molecule has 15 heavy (non-hydrogen) atoms. The Balaban J connectivity index is 1.63. The van der Waals surface area contributed by atoms with E-state index in [1.54, 1.807) is 0 Å². The van der Waals surface area contributed by atoms with E-state index in [4.69, 9.17) is 4.74 Å². The maximum absolute atomic E-state index is 9.70. The third-order valence-corrected chi connectivity index (χ3v) is 3.96. The highest BCUT2D eigenvalue weighted by Crippen LogP contribution is 2.37. The van der Waals surface area contributed by atoms with Crippen LogP contribution in [0.2, 0.25) is 0 Å². The van der Waals surface area contributed by atoms with Crippen molar-refractivity contribution in [2.45, 2.75) is 64.6 Å². The van der Waals surface area contributed by atoms with Crippen molar-refractivity contribution >= 4 is 0 Å². The van der Waals surface area contributed by atoms with Gasteiger partial charge in [-0.3, -0.25) is 0 Å². The molecular weight excluding hydrogens is 188 g/mol. The Kier molecular flexibility index (Phi) is 3.36. The maximum Gasteiger partial charge on any atom is 0.0801 e. The van der Waals surface area contributed by atoms with E-state index in [0.717, 1.165) is 0 Å². The van der Waals surface area contributed by atoms with Crippen molar-refractivity contribution in [1.82, 2.24) is 0 Å². The highest BCUT2D eigenvalue weighted by molar-refractivity contribution is 4.82. The zero-order chi connectivity index (χ0) is 10.9. The highest BCUT2D eigenvalue weighted by atomic mass is 16.5. The third-order valence-electron chi connectivity index (χ3n) is 3.96. The van der Waals surface area contributed by atoms with Crippen LogP contribution in [-0.4, -0.2) is 23.9 Å². The summed E-state index contributed by atoms with van der Waals surface area (Å²) in [7, 11) is 0. The van der Waals surface area contributed by atoms with Crippen LogP contribution in [0.3, 0.4) is 0 Å². The van der Waals surface area contributed by atoms with Crippen molar-refractivity contribution in [2.24, 2.45) is 11.3 Å². The lowest BCUT2D eigenvalue weighted by molar-refractivity contribution is -0.0426. The summed E-state index contributed by atoms with van der Waals surface area (Å²) >= 11 is 0. The molecule has 2 aliphatic rings. The molecule has 0 heterocycles. The summed E-state index contributed by atoms with van der Waals surface area (Å²) in [6, 6.07) is 0. The predicted molar refractivity (Wildman–Crippen MR) is 60.7 cm³/mol. The van der Waals surface area contributed by atoms with Crippen molar-refractivity contribution < 1.29 is 9.84 Å². The molecule has 2 saturated carbocycles. The first-order valence-corrected chi connectivity index (χ1v) is 6.36. The van der Waals surface area contributed by atoms with Gasteiger partial charge in [0.1, 0.15) is 0 Å². The summed E-state index contributed by atoms with van der Waals surface area (Å²) in [4.78, 5) is 0. The van der Waals surface area contributed by atoms with Crippen LogP contribution in [0.25, 0.3) is 0 Å². The molecule has 2 nitrogen and oxygen atoms in total. The monoisotopic (exact) mass is 212 g/mol. The molecule has 1 unspecified atom stereocenters. The Morgan fingerprint density at radius 2 is 1.80 bits per heavy atom. The summed E-state index contributed by atoms with van der Waals surface area (Å²) in [5, 5.41) is 9.70. The molecule has 1 N–H and O–H groups in total. The van der Waals surface area contributed by atoms with Crippen LogP contribution in [0, 0.1) is 11.3 Å². The molecular formula is C13H24O2. The van der Waals surface area contributed by atoms with Crippen LogP contribution in [0.4, 0.5) is 0 Å². The molecule has 2 aliphatic carbocycles. The van der Waals surface area contributed by atoms with Crippen molar-refractivity contribution in [2.75, 3.05) is 6.61 Å². The van der Waals surface area contributed by atoms with E-state index in [2.05, 4.69) is 13.8 Å². The number of aliphatic hydroxyl groups is 1. The van der Waals surface area contributed by atoms with E-state index >= 15 is 0 Å². The lowest BCUT2D eigenvalue weighted by atomic mass is 9.76.